The third kappa shape index (κ3) is 3.63. The third-order valence-corrected chi connectivity index (χ3v) is 5.37. The van der Waals surface area contributed by atoms with Gasteiger partial charge >= 0.3 is 0 Å². The van der Waals surface area contributed by atoms with E-state index in [0.29, 0.717) is 13.1 Å². The summed E-state index contributed by atoms with van der Waals surface area (Å²) in [7, 11) is -3.70. The lowest BCUT2D eigenvalue weighted by atomic mass is 10.3. The van der Waals surface area contributed by atoms with Crippen LogP contribution in [0.1, 0.15) is 26.7 Å². The zero-order chi connectivity index (χ0) is 13.9. The van der Waals surface area contributed by atoms with Crippen molar-refractivity contribution >= 4 is 33.1 Å². The predicted molar refractivity (Wildman–Crippen MR) is 73.6 cm³/mol. The van der Waals surface area contributed by atoms with Crippen LogP contribution in [0.25, 0.3) is 0 Å². The van der Waals surface area contributed by atoms with Crippen LogP contribution in [-0.2, 0) is 14.8 Å². The van der Waals surface area contributed by atoms with E-state index in [4.69, 9.17) is 5.73 Å². The molecule has 8 heteroatoms. The van der Waals surface area contributed by atoms with Crippen molar-refractivity contribution in [3.8, 4) is 0 Å². The van der Waals surface area contributed by atoms with Gasteiger partial charge in [-0.25, -0.2) is 13.1 Å². The van der Waals surface area contributed by atoms with Crippen LogP contribution in [0.5, 0.6) is 0 Å². The first-order valence-electron chi connectivity index (χ1n) is 5.85. The molecule has 6 nitrogen and oxygen atoms in total. The number of rotatable bonds is 5. The Labute approximate surface area is 113 Å². The quantitative estimate of drug-likeness (QED) is 0.672. The zero-order valence-corrected chi connectivity index (χ0v) is 12.2. The van der Waals surface area contributed by atoms with E-state index in [9.17, 15) is 13.2 Å². The van der Waals surface area contributed by atoms with E-state index >= 15 is 0 Å². The largest absolute Gasteiger partial charge is 0.392 e. The van der Waals surface area contributed by atoms with Crippen molar-refractivity contribution in [1.82, 2.24) is 9.62 Å². The summed E-state index contributed by atoms with van der Waals surface area (Å²) >= 11 is 4.66. The smallest absolute Gasteiger partial charge is 0.240 e. The van der Waals surface area contributed by atoms with Gasteiger partial charge in [-0.3, -0.25) is 4.79 Å². The lowest BCUT2D eigenvalue weighted by molar-refractivity contribution is -0.131. The molecule has 0 aromatic rings. The minimum absolute atomic E-state index is 0.108. The van der Waals surface area contributed by atoms with Crippen LogP contribution in [-0.4, -0.2) is 48.6 Å². The van der Waals surface area contributed by atoms with Crippen LogP contribution in [0.4, 0.5) is 0 Å². The highest BCUT2D eigenvalue weighted by Gasteiger charge is 2.30. The van der Waals surface area contributed by atoms with E-state index in [1.807, 2.05) is 0 Å². The van der Waals surface area contributed by atoms with Gasteiger partial charge in [-0.05, 0) is 26.7 Å². The van der Waals surface area contributed by atoms with Crippen molar-refractivity contribution in [2.24, 2.45) is 5.73 Å². The standard InChI is InChI=1S/C10H19N3O3S2/c1-7(10(14)13-5-3-4-6-13)12-18(15,16)8(2)9(11)17/h7-8,12H,3-6H2,1-2H3,(H2,11,17). The molecular weight excluding hydrogens is 274 g/mol. The van der Waals surface area contributed by atoms with Crippen molar-refractivity contribution in [1.29, 1.82) is 0 Å². The van der Waals surface area contributed by atoms with E-state index in [2.05, 4.69) is 16.9 Å². The minimum Gasteiger partial charge on any atom is -0.392 e. The number of nitrogens with one attached hydrogen (secondary N) is 1. The molecule has 0 aromatic carbocycles. The number of carbonyl (C=O) groups excluding carboxylic acids is 1. The number of amides is 1. The molecule has 1 aliphatic rings. The fourth-order valence-electron chi connectivity index (χ4n) is 1.76. The maximum Gasteiger partial charge on any atom is 0.240 e. The molecule has 1 fully saturated rings. The molecule has 1 amide bonds. The van der Waals surface area contributed by atoms with Gasteiger partial charge in [0, 0.05) is 13.1 Å². The fraction of sp³-hybridized carbons (Fsp3) is 0.800. The number of hydrogen-bond acceptors (Lipinski definition) is 4. The van der Waals surface area contributed by atoms with Crippen molar-refractivity contribution in [2.45, 2.75) is 38.0 Å². The Balaban J connectivity index is 2.66. The molecule has 104 valence electrons. The highest BCUT2D eigenvalue weighted by Crippen LogP contribution is 2.10. The summed E-state index contributed by atoms with van der Waals surface area (Å²) < 4.78 is 26.0. The maximum atomic E-state index is 12.0. The monoisotopic (exact) mass is 293 g/mol. The summed E-state index contributed by atoms with van der Waals surface area (Å²) in [4.78, 5) is 13.5. The number of likely N-dealkylation sites (tertiary alicyclic amines) is 1. The first-order chi connectivity index (χ1) is 8.25. The van der Waals surface area contributed by atoms with E-state index < -0.39 is 21.3 Å². The molecule has 1 aliphatic heterocycles. The Morgan fingerprint density at radius 3 is 2.28 bits per heavy atom. The summed E-state index contributed by atoms with van der Waals surface area (Å²) in [5, 5.41) is -0.985. The van der Waals surface area contributed by atoms with Gasteiger partial charge in [0.25, 0.3) is 0 Å². The molecule has 1 saturated heterocycles. The number of carbonyl (C=O) groups is 1. The highest BCUT2D eigenvalue weighted by atomic mass is 32.2. The molecule has 0 spiro atoms. The van der Waals surface area contributed by atoms with E-state index in [1.54, 1.807) is 4.90 Å². The Hall–Kier alpha value is -0.730. The maximum absolute atomic E-state index is 12.0. The van der Waals surface area contributed by atoms with Crippen LogP contribution in [0, 0.1) is 0 Å². The SMILES string of the molecule is CC(NS(=O)(=O)C(C)C(N)=S)C(=O)N1CCCC1. The van der Waals surface area contributed by atoms with Crippen LogP contribution in [0.2, 0.25) is 0 Å². The second-order valence-corrected chi connectivity index (χ2v) is 6.97. The van der Waals surface area contributed by atoms with Crippen LogP contribution in [0.15, 0.2) is 0 Å². The number of nitrogens with zero attached hydrogens (tertiary/aromatic N) is 1. The summed E-state index contributed by atoms with van der Waals surface area (Å²) in [5.41, 5.74) is 5.31. The number of hydrogen-bond donors (Lipinski definition) is 2. The molecule has 18 heavy (non-hydrogen) atoms. The van der Waals surface area contributed by atoms with Crippen molar-refractivity contribution in [2.75, 3.05) is 13.1 Å². The topological polar surface area (TPSA) is 92.5 Å². The molecule has 1 heterocycles. The van der Waals surface area contributed by atoms with Gasteiger partial charge in [-0.2, -0.15) is 0 Å². The highest BCUT2D eigenvalue weighted by molar-refractivity contribution is 7.93. The Bertz CT molecular complexity index is 430. The van der Waals surface area contributed by atoms with Crippen molar-refractivity contribution < 1.29 is 13.2 Å². The van der Waals surface area contributed by atoms with E-state index in [0.717, 1.165) is 12.8 Å². The van der Waals surface area contributed by atoms with Gasteiger partial charge in [0.15, 0.2) is 0 Å². The van der Waals surface area contributed by atoms with Gasteiger partial charge in [0.1, 0.15) is 5.25 Å². The first kappa shape index (κ1) is 15.3. The molecule has 0 aromatic heterocycles. The van der Waals surface area contributed by atoms with Crippen LogP contribution < -0.4 is 10.5 Å². The van der Waals surface area contributed by atoms with Gasteiger partial charge in [-0.15, -0.1) is 0 Å². The molecule has 0 aliphatic carbocycles. The van der Waals surface area contributed by atoms with Crippen LogP contribution in [0.3, 0.4) is 0 Å². The molecular formula is C10H19N3O3S2. The lowest BCUT2D eigenvalue weighted by Crippen LogP contribution is -2.50. The second-order valence-electron chi connectivity index (χ2n) is 4.46. The number of thiocarbonyl (C=S) groups is 1. The summed E-state index contributed by atoms with van der Waals surface area (Å²) in [6, 6.07) is -0.787. The molecule has 0 bridgehead atoms. The Morgan fingerprint density at radius 2 is 1.83 bits per heavy atom. The molecule has 2 unspecified atom stereocenters. The summed E-state index contributed by atoms with van der Waals surface area (Å²) in [6.07, 6.45) is 1.93. The first-order valence-corrected chi connectivity index (χ1v) is 7.80. The van der Waals surface area contributed by atoms with E-state index in [1.165, 1.54) is 13.8 Å². The summed E-state index contributed by atoms with van der Waals surface area (Å²) in [5.74, 6) is -0.203. The summed E-state index contributed by atoms with van der Waals surface area (Å²) in [6.45, 7) is 4.31. The number of sulfonamides is 1. The molecule has 0 radical (unpaired) electrons. The molecule has 1 rings (SSSR count). The zero-order valence-electron chi connectivity index (χ0n) is 10.5. The molecule has 3 N–H and O–H groups in total. The Kier molecular flexibility index (Phi) is 5.06. The van der Waals surface area contributed by atoms with Gasteiger partial charge in [0.2, 0.25) is 15.9 Å². The van der Waals surface area contributed by atoms with E-state index in [-0.39, 0.29) is 10.9 Å². The van der Waals surface area contributed by atoms with Crippen LogP contribution >= 0.6 is 12.2 Å². The Morgan fingerprint density at radius 1 is 1.33 bits per heavy atom. The molecule has 0 saturated carbocycles. The number of nitrogens with two attached hydrogens (primary N) is 1. The molecule has 2 atom stereocenters. The van der Waals surface area contributed by atoms with Crippen molar-refractivity contribution in [3.05, 3.63) is 0 Å². The second kappa shape index (κ2) is 5.94. The minimum atomic E-state index is -3.70. The fourth-order valence-corrected chi connectivity index (χ4v) is 3.25. The van der Waals surface area contributed by atoms with Crippen molar-refractivity contribution in [3.63, 3.8) is 0 Å². The van der Waals surface area contributed by atoms with Gasteiger partial charge in [-0.1, -0.05) is 12.2 Å². The average Bonchev–Trinajstić information content (AvgIpc) is 2.79. The average molecular weight is 293 g/mol. The lowest BCUT2D eigenvalue weighted by Gasteiger charge is -2.22. The third-order valence-electron chi connectivity index (χ3n) is 3.00. The van der Waals surface area contributed by atoms with Gasteiger partial charge in [0.05, 0.1) is 11.0 Å². The predicted octanol–water partition coefficient (Wildman–Crippen LogP) is -0.409. The normalized spacial score (nSPS) is 19.6. The van der Waals surface area contributed by atoms with Gasteiger partial charge < -0.3 is 10.6 Å².